The molecule has 0 aliphatic carbocycles. The highest BCUT2D eigenvalue weighted by Gasteiger charge is 1.95. The van der Waals surface area contributed by atoms with Crippen LogP contribution in [-0.4, -0.2) is 4.01 Å². The zero-order valence-electron chi connectivity index (χ0n) is 7.42. The Balaban J connectivity index is 0.000000336. The number of rotatable bonds is 0. The molecule has 0 nitrogen and oxygen atoms in total. The van der Waals surface area contributed by atoms with Crippen LogP contribution in [0.4, 0.5) is 0 Å². The van der Waals surface area contributed by atoms with Gasteiger partial charge in [-0.05, 0) is 15.6 Å². The first-order valence-electron chi connectivity index (χ1n) is 4.19. The fourth-order valence-corrected chi connectivity index (χ4v) is 2.89. The summed E-state index contributed by atoms with van der Waals surface area (Å²) in [6, 6.07) is 8.62. The summed E-state index contributed by atoms with van der Waals surface area (Å²) in [5.41, 5.74) is 1.41. The van der Waals surface area contributed by atoms with Crippen LogP contribution in [0.25, 0.3) is 6.08 Å². The Kier molecular flexibility index (Phi) is 4.22. The highest BCUT2D eigenvalue weighted by molar-refractivity contribution is 14.2. The minimum Gasteiger partial charge on any atom is -0.0850 e. The van der Waals surface area contributed by atoms with Crippen LogP contribution < -0.4 is 0 Å². The minimum atomic E-state index is 0.183. The average molecular weight is 272 g/mol. The van der Waals surface area contributed by atoms with Crippen LogP contribution in [0.2, 0.25) is 0 Å². The van der Waals surface area contributed by atoms with Gasteiger partial charge in [0.2, 0.25) is 0 Å². The maximum Gasteiger partial charge on any atom is 0.0149 e. The van der Waals surface area contributed by atoms with Crippen molar-refractivity contribution in [1.82, 2.24) is 0 Å². The normalized spacial score (nSPS) is 12.2. The molecule has 0 spiro atoms. The van der Waals surface area contributed by atoms with Gasteiger partial charge in [0.15, 0.2) is 0 Å². The monoisotopic (exact) mass is 272 g/mol. The number of hydrogen-bond donors (Lipinski definition) is 0. The van der Waals surface area contributed by atoms with Gasteiger partial charge in [-0.1, -0.05) is 64.9 Å². The van der Waals surface area contributed by atoms with Crippen LogP contribution in [0.15, 0.2) is 30.3 Å². The van der Waals surface area contributed by atoms with Crippen molar-refractivity contribution < 1.29 is 0 Å². The van der Waals surface area contributed by atoms with Gasteiger partial charge in [-0.25, -0.2) is 0 Å². The van der Waals surface area contributed by atoms with Gasteiger partial charge >= 0.3 is 0 Å². The highest BCUT2D eigenvalue weighted by atomic mass is 127. The van der Waals surface area contributed by atoms with Gasteiger partial charge < -0.3 is 0 Å². The molecular formula is C11H13I. The van der Waals surface area contributed by atoms with Gasteiger partial charge in [0.1, 0.15) is 0 Å². The third-order valence-corrected chi connectivity index (χ3v) is 3.86. The van der Waals surface area contributed by atoms with E-state index in [4.69, 9.17) is 0 Å². The van der Waals surface area contributed by atoms with Gasteiger partial charge in [0.25, 0.3) is 0 Å². The van der Waals surface area contributed by atoms with Gasteiger partial charge in [-0.15, -0.1) is 0 Å². The van der Waals surface area contributed by atoms with Gasteiger partial charge in [-0.2, -0.15) is 0 Å². The molecular weight excluding hydrogens is 259 g/mol. The summed E-state index contributed by atoms with van der Waals surface area (Å²) in [5.74, 6) is 0. The maximum absolute atomic E-state index is 2.29. The molecule has 0 radical (unpaired) electrons. The van der Waals surface area contributed by atoms with Crippen molar-refractivity contribution in [1.29, 1.82) is 0 Å². The van der Waals surface area contributed by atoms with E-state index in [0.717, 1.165) is 0 Å². The van der Waals surface area contributed by atoms with E-state index in [1.54, 1.807) is 3.57 Å². The molecule has 2 rings (SSSR count). The standard InChI is InChI=1S/C9H7I.C2H6/c1-2-6-9-8(4-1)5-3-7-10-9;1-2/h1-7H;1-2H3. The predicted molar refractivity (Wildman–Crippen MR) is 65.6 cm³/mol. The van der Waals surface area contributed by atoms with E-state index in [-0.39, 0.29) is 20.7 Å². The molecule has 1 aliphatic rings. The molecule has 0 saturated heterocycles. The van der Waals surface area contributed by atoms with Crippen molar-refractivity contribution in [2.24, 2.45) is 0 Å². The lowest BCUT2D eigenvalue weighted by molar-refractivity contribution is 1.50. The van der Waals surface area contributed by atoms with Crippen LogP contribution in [0.5, 0.6) is 0 Å². The summed E-state index contributed by atoms with van der Waals surface area (Å²) in [7, 11) is 0. The van der Waals surface area contributed by atoms with Crippen LogP contribution in [0.3, 0.4) is 0 Å². The molecule has 1 aromatic carbocycles. The van der Waals surface area contributed by atoms with Crippen molar-refractivity contribution >= 4 is 30.8 Å². The lowest BCUT2D eigenvalue weighted by atomic mass is 10.2. The Morgan fingerprint density at radius 3 is 2.58 bits per heavy atom. The fourth-order valence-electron chi connectivity index (χ4n) is 0.954. The Hall–Kier alpha value is -0.440. The second-order valence-electron chi connectivity index (χ2n) is 2.12. The number of benzene rings is 1. The summed E-state index contributed by atoms with van der Waals surface area (Å²) in [5, 5.41) is 0. The SMILES string of the molecule is C1=Cc2ccccc2I=C1.CC. The molecule has 0 saturated carbocycles. The molecule has 12 heavy (non-hydrogen) atoms. The molecule has 0 aromatic heterocycles. The van der Waals surface area contributed by atoms with Gasteiger partial charge in [0.05, 0.1) is 0 Å². The van der Waals surface area contributed by atoms with Crippen molar-refractivity contribution in [2.75, 3.05) is 0 Å². The molecule has 1 heteroatoms. The molecule has 0 bridgehead atoms. The lowest BCUT2D eigenvalue weighted by Crippen LogP contribution is -1.82. The summed E-state index contributed by atoms with van der Waals surface area (Å²) in [4.78, 5) is 0. The molecule has 1 aromatic rings. The molecule has 0 amide bonds. The quantitative estimate of drug-likeness (QED) is 0.632. The van der Waals surface area contributed by atoms with Crippen molar-refractivity contribution in [3.8, 4) is 0 Å². The van der Waals surface area contributed by atoms with E-state index in [1.807, 2.05) is 13.8 Å². The zero-order chi connectivity index (χ0) is 8.81. The van der Waals surface area contributed by atoms with Gasteiger partial charge in [0, 0.05) is 3.57 Å². The van der Waals surface area contributed by atoms with E-state index in [0.29, 0.717) is 0 Å². The van der Waals surface area contributed by atoms with Crippen molar-refractivity contribution in [3.05, 3.63) is 39.5 Å². The Morgan fingerprint density at radius 1 is 1.08 bits per heavy atom. The second-order valence-corrected chi connectivity index (χ2v) is 4.62. The number of allylic oxidation sites excluding steroid dienone is 1. The second kappa shape index (κ2) is 5.25. The zero-order valence-corrected chi connectivity index (χ0v) is 9.58. The summed E-state index contributed by atoms with van der Waals surface area (Å²) in [6.07, 6.45) is 4.34. The molecule has 1 heterocycles. The first kappa shape index (κ1) is 9.65. The lowest BCUT2D eigenvalue weighted by Gasteiger charge is -2.01. The first-order chi connectivity index (χ1) is 5.97. The van der Waals surface area contributed by atoms with E-state index in [9.17, 15) is 0 Å². The third kappa shape index (κ3) is 2.27. The van der Waals surface area contributed by atoms with Crippen LogP contribution >= 0.6 is 20.7 Å². The molecule has 64 valence electrons. The molecule has 0 unspecified atom stereocenters. The van der Waals surface area contributed by atoms with Crippen molar-refractivity contribution in [2.45, 2.75) is 13.8 Å². The third-order valence-electron chi connectivity index (χ3n) is 1.43. The smallest absolute Gasteiger partial charge is 0.0149 e. The molecule has 0 N–H and O–H groups in total. The number of hydrogen-bond acceptors (Lipinski definition) is 0. The first-order valence-corrected chi connectivity index (χ1v) is 6.51. The minimum absolute atomic E-state index is 0.183. The van der Waals surface area contributed by atoms with E-state index >= 15 is 0 Å². The Morgan fingerprint density at radius 2 is 1.83 bits per heavy atom. The molecule has 0 fully saturated rings. The molecule has 1 aliphatic heterocycles. The summed E-state index contributed by atoms with van der Waals surface area (Å²) < 4.78 is 3.84. The van der Waals surface area contributed by atoms with E-state index in [2.05, 4.69) is 40.4 Å². The van der Waals surface area contributed by atoms with E-state index < -0.39 is 0 Å². The van der Waals surface area contributed by atoms with Crippen LogP contribution in [-0.2, 0) is 0 Å². The summed E-state index contributed by atoms with van der Waals surface area (Å²) >= 11 is 0.183. The highest BCUT2D eigenvalue weighted by Crippen LogP contribution is 2.20. The predicted octanol–water partition coefficient (Wildman–Crippen LogP) is 3.68. The summed E-state index contributed by atoms with van der Waals surface area (Å²) in [6.45, 7) is 4.00. The van der Waals surface area contributed by atoms with Crippen LogP contribution in [0.1, 0.15) is 19.4 Å². The Bertz CT molecular complexity index is 267. The number of fused-ring (bicyclic) bond motifs is 1. The fraction of sp³-hybridized carbons (Fsp3) is 0.182. The average Bonchev–Trinajstić information content (AvgIpc) is 2.21. The van der Waals surface area contributed by atoms with E-state index in [1.165, 1.54) is 5.56 Å². The topological polar surface area (TPSA) is 0 Å². The molecule has 0 atom stereocenters. The van der Waals surface area contributed by atoms with Crippen molar-refractivity contribution in [3.63, 3.8) is 0 Å². The van der Waals surface area contributed by atoms with Crippen LogP contribution in [0, 0.1) is 3.57 Å². The largest absolute Gasteiger partial charge is 0.0850 e. The van der Waals surface area contributed by atoms with Gasteiger partial charge in [-0.3, -0.25) is 0 Å². The maximum atomic E-state index is 2.29. The Labute approximate surface area is 84.1 Å². The number of halogens is 1.